The Morgan fingerprint density at radius 2 is 1.77 bits per heavy atom. The van der Waals surface area contributed by atoms with E-state index in [2.05, 4.69) is 19.2 Å². The van der Waals surface area contributed by atoms with E-state index in [1.54, 1.807) is 14.2 Å². The van der Waals surface area contributed by atoms with Crippen molar-refractivity contribution in [3.63, 3.8) is 0 Å². The smallest absolute Gasteiger partial charge is 0.171 e. The van der Waals surface area contributed by atoms with Crippen LogP contribution in [0.15, 0.2) is 0 Å². The predicted octanol–water partition coefficient (Wildman–Crippen LogP) is 1.63. The molecular formula is C10H23NO2. The molecule has 0 saturated carbocycles. The Kier molecular flexibility index (Phi) is 7.23. The monoisotopic (exact) mass is 189 g/mol. The Balaban J connectivity index is 3.98. The van der Waals surface area contributed by atoms with E-state index in [0.717, 1.165) is 6.42 Å². The molecule has 0 radical (unpaired) electrons. The van der Waals surface area contributed by atoms with Crippen LogP contribution in [-0.2, 0) is 9.47 Å². The van der Waals surface area contributed by atoms with Gasteiger partial charge in [0.15, 0.2) is 6.29 Å². The molecule has 2 atom stereocenters. The molecule has 2 unspecified atom stereocenters. The van der Waals surface area contributed by atoms with Gasteiger partial charge in [0, 0.05) is 14.2 Å². The third kappa shape index (κ3) is 4.60. The van der Waals surface area contributed by atoms with Crippen LogP contribution < -0.4 is 5.32 Å². The van der Waals surface area contributed by atoms with Crippen LogP contribution in [0.4, 0.5) is 0 Å². The van der Waals surface area contributed by atoms with Crippen LogP contribution in [0, 0.1) is 5.92 Å². The molecular weight excluding hydrogens is 166 g/mol. The van der Waals surface area contributed by atoms with Crippen LogP contribution >= 0.6 is 0 Å². The third-order valence-corrected chi connectivity index (χ3v) is 2.52. The second-order valence-corrected chi connectivity index (χ2v) is 3.48. The molecule has 0 aliphatic heterocycles. The van der Waals surface area contributed by atoms with Gasteiger partial charge in [0.05, 0.1) is 6.04 Å². The van der Waals surface area contributed by atoms with Gasteiger partial charge in [-0.25, -0.2) is 0 Å². The van der Waals surface area contributed by atoms with E-state index >= 15 is 0 Å². The largest absolute Gasteiger partial charge is 0.354 e. The Morgan fingerprint density at radius 1 is 1.23 bits per heavy atom. The first-order valence-electron chi connectivity index (χ1n) is 4.92. The molecule has 1 N–H and O–H groups in total. The summed E-state index contributed by atoms with van der Waals surface area (Å²) in [6.45, 7) is 4.44. The van der Waals surface area contributed by atoms with Gasteiger partial charge in [-0.3, -0.25) is 0 Å². The molecule has 0 spiro atoms. The highest BCUT2D eigenvalue weighted by molar-refractivity contribution is 4.71. The zero-order valence-electron chi connectivity index (χ0n) is 9.46. The highest BCUT2D eigenvalue weighted by Crippen LogP contribution is 2.13. The number of likely N-dealkylation sites (N-methyl/N-ethyl adjacent to an activating group) is 1. The molecule has 13 heavy (non-hydrogen) atoms. The Labute approximate surface area is 81.8 Å². The van der Waals surface area contributed by atoms with Crippen LogP contribution in [0.3, 0.4) is 0 Å². The first kappa shape index (κ1) is 12.9. The standard InChI is InChI=1S/C10H23NO2/c1-6-8(2)7-9(11-3)10(12-4)13-5/h8-11H,6-7H2,1-5H3. The highest BCUT2D eigenvalue weighted by atomic mass is 16.7. The normalized spacial score (nSPS) is 16.2. The van der Waals surface area contributed by atoms with E-state index < -0.39 is 0 Å². The zero-order valence-corrected chi connectivity index (χ0v) is 9.46. The summed E-state index contributed by atoms with van der Waals surface area (Å²) in [5.74, 6) is 0.699. The summed E-state index contributed by atoms with van der Waals surface area (Å²) >= 11 is 0. The Bertz CT molecular complexity index is 115. The van der Waals surface area contributed by atoms with Gasteiger partial charge >= 0.3 is 0 Å². The fraction of sp³-hybridized carbons (Fsp3) is 1.00. The van der Waals surface area contributed by atoms with Crippen molar-refractivity contribution >= 4 is 0 Å². The number of rotatable bonds is 7. The Hall–Kier alpha value is -0.120. The van der Waals surface area contributed by atoms with Crippen molar-refractivity contribution in [2.24, 2.45) is 5.92 Å². The molecule has 0 aliphatic carbocycles. The predicted molar refractivity (Wildman–Crippen MR) is 54.7 cm³/mol. The third-order valence-electron chi connectivity index (χ3n) is 2.52. The maximum atomic E-state index is 5.21. The van der Waals surface area contributed by atoms with Crippen LogP contribution in [0.1, 0.15) is 26.7 Å². The first-order chi connectivity index (χ1) is 6.19. The molecule has 0 aliphatic rings. The molecule has 0 aromatic rings. The van der Waals surface area contributed by atoms with E-state index in [-0.39, 0.29) is 12.3 Å². The topological polar surface area (TPSA) is 30.5 Å². The average molecular weight is 189 g/mol. The second-order valence-electron chi connectivity index (χ2n) is 3.48. The quantitative estimate of drug-likeness (QED) is 0.617. The lowest BCUT2D eigenvalue weighted by molar-refractivity contribution is -0.124. The second kappa shape index (κ2) is 7.30. The number of ether oxygens (including phenoxy) is 2. The van der Waals surface area contributed by atoms with Crippen molar-refractivity contribution in [2.75, 3.05) is 21.3 Å². The minimum atomic E-state index is -0.140. The molecule has 3 nitrogen and oxygen atoms in total. The Morgan fingerprint density at radius 3 is 2.08 bits per heavy atom. The zero-order chi connectivity index (χ0) is 10.3. The molecule has 0 heterocycles. The van der Waals surface area contributed by atoms with Crippen molar-refractivity contribution in [2.45, 2.75) is 39.0 Å². The van der Waals surface area contributed by atoms with E-state index in [1.165, 1.54) is 6.42 Å². The van der Waals surface area contributed by atoms with Crippen LogP contribution in [0.25, 0.3) is 0 Å². The van der Waals surface area contributed by atoms with Gasteiger partial charge in [-0.15, -0.1) is 0 Å². The lowest BCUT2D eigenvalue weighted by Crippen LogP contribution is -2.41. The van der Waals surface area contributed by atoms with Gasteiger partial charge in [0.25, 0.3) is 0 Å². The van der Waals surface area contributed by atoms with E-state index in [9.17, 15) is 0 Å². The SMILES string of the molecule is CCC(C)CC(NC)C(OC)OC. The van der Waals surface area contributed by atoms with Gasteiger partial charge in [0.2, 0.25) is 0 Å². The summed E-state index contributed by atoms with van der Waals surface area (Å²) in [7, 11) is 5.29. The molecule has 80 valence electrons. The molecule has 0 fully saturated rings. The molecule has 0 aromatic heterocycles. The van der Waals surface area contributed by atoms with Crippen molar-refractivity contribution in [1.82, 2.24) is 5.32 Å². The van der Waals surface area contributed by atoms with Crippen molar-refractivity contribution in [3.05, 3.63) is 0 Å². The summed E-state index contributed by atoms with van der Waals surface area (Å²) in [4.78, 5) is 0. The molecule has 0 amide bonds. The molecule has 3 heteroatoms. The maximum absolute atomic E-state index is 5.21. The summed E-state index contributed by atoms with van der Waals surface area (Å²) in [5.41, 5.74) is 0. The first-order valence-corrected chi connectivity index (χ1v) is 4.92. The summed E-state index contributed by atoms with van der Waals surface area (Å²) in [6.07, 6.45) is 2.14. The summed E-state index contributed by atoms with van der Waals surface area (Å²) < 4.78 is 10.4. The molecule has 0 saturated heterocycles. The van der Waals surface area contributed by atoms with Crippen molar-refractivity contribution in [3.8, 4) is 0 Å². The summed E-state index contributed by atoms with van der Waals surface area (Å²) in [6, 6.07) is 0.282. The van der Waals surface area contributed by atoms with E-state index in [0.29, 0.717) is 5.92 Å². The van der Waals surface area contributed by atoms with E-state index in [1.807, 2.05) is 7.05 Å². The average Bonchev–Trinajstić information content (AvgIpc) is 2.17. The van der Waals surface area contributed by atoms with Gasteiger partial charge in [-0.2, -0.15) is 0 Å². The van der Waals surface area contributed by atoms with Crippen LogP contribution in [0.2, 0.25) is 0 Å². The van der Waals surface area contributed by atoms with Gasteiger partial charge < -0.3 is 14.8 Å². The number of hydrogen-bond donors (Lipinski definition) is 1. The highest BCUT2D eigenvalue weighted by Gasteiger charge is 2.20. The maximum Gasteiger partial charge on any atom is 0.171 e. The van der Waals surface area contributed by atoms with Crippen molar-refractivity contribution < 1.29 is 9.47 Å². The number of hydrogen-bond acceptors (Lipinski definition) is 3. The number of nitrogens with one attached hydrogen (secondary N) is 1. The molecule has 0 aromatic carbocycles. The van der Waals surface area contributed by atoms with Gasteiger partial charge in [-0.05, 0) is 19.4 Å². The lowest BCUT2D eigenvalue weighted by atomic mass is 9.99. The van der Waals surface area contributed by atoms with Crippen LogP contribution in [0.5, 0.6) is 0 Å². The molecule has 0 bridgehead atoms. The molecule has 0 rings (SSSR count). The van der Waals surface area contributed by atoms with E-state index in [4.69, 9.17) is 9.47 Å². The van der Waals surface area contributed by atoms with Crippen LogP contribution in [-0.4, -0.2) is 33.6 Å². The minimum absolute atomic E-state index is 0.140. The fourth-order valence-corrected chi connectivity index (χ4v) is 1.39. The fourth-order valence-electron chi connectivity index (χ4n) is 1.39. The van der Waals surface area contributed by atoms with Gasteiger partial charge in [0.1, 0.15) is 0 Å². The van der Waals surface area contributed by atoms with Gasteiger partial charge in [-0.1, -0.05) is 20.3 Å². The number of methoxy groups -OCH3 is 2. The van der Waals surface area contributed by atoms with Crippen molar-refractivity contribution in [1.29, 1.82) is 0 Å². The lowest BCUT2D eigenvalue weighted by Gasteiger charge is -2.26. The summed E-state index contributed by atoms with van der Waals surface area (Å²) in [5, 5.41) is 3.22. The minimum Gasteiger partial charge on any atom is -0.354 e.